The summed E-state index contributed by atoms with van der Waals surface area (Å²) in [6, 6.07) is 7.47. The third-order valence-electron chi connectivity index (χ3n) is 7.09. The highest BCUT2D eigenvalue weighted by Gasteiger charge is 2.37. The number of carbonyl (C=O) groups is 2. The molecule has 2 rings (SSSR count). The van der Waals surface area contributed by atoms with Gasteiger partial charge >= 0.3 is 0 Å². The number of hydrogen-bond acceptors (Lipinski definition) is 6. The van der Waals surface area contributed by atoms with Crippen LogP contribution in [0.2, 0.25) is 0 Å². The molecule has 1 heterocycles. The standard InChI is InChI=1S/C29H46N2O6/c1-7-19(2)11-16-23(32)24(33)25(34)26(37-6)27(35)30-22-10-8-9-17-31(28(22)36)18-20-12-14-21(15-13-20)29(3,4)5/h11-16,19,22-26,32-34H,7-10,17-18H2,1-6H3,(H,30,35)/b16-11+/t19?,22-,23+,24-,25+,26+/m0/s1. The first-order valence-electron chi connectivity index (χ1n) is 13.3. The highest BCUT2D eigenvalue weighted by molar-refractivity contribution is 5.89. The number of allylic oxidation sites excluding steroid dienone is 1. The molecule has 0 bridgehead atoms. The van der Waals surface area contributed by atoms with Crippen LogP contribution in [0.1, 0.15) is 71.4 Å². The Balaban J connectivity index is 2.06. The molecule has 1 aromatic carbocycles. The number of amides is 2. The predicted octanol–water partition coefficient (Wildman–Crippen LogP) is 2.68. The molecular weight excluding hydrogens is 472 g/mol. The average molecular weight is 519 g/mol. The first-order valence-corrected chi connectivity index (χ1v) is 13.3. The molecule has 4 N–H and O–H groups in total. The summed E-state index contributed by atoms with van der Waals surface area (Å²) in [6.07, 6.45) is -0.0526. The molecule has 6 atom stereocenters. The minimum absolute atomic E-state index is 0.0443. The second-order valence-corrected chi connectivity index (χ2v) is 11.2. The second-order valence-electron chi connectivity index (χ2n) is 11.2. The molecule has 0 saturated carbocycles. The van der Waals surface area contributed by atoms with Crippen LogP contribution in [0.3, 0.4) is 0 Å². The molecule has 37 heavy (non-hydrogen) atoms. The van der Waals surface area contributed by atoms with Gasteiger partial charge in [0, 0.05) is 20.2 Å². The van der Waals surface area contributed by atoms with Gasteiger partial charge < -0.3 is 30.3 Å². The van der Waals surface area contributed by atoms with Crippen molar-refractivity contribution in [1.82, 2.24) is 10.2 Å². The molecule has 1 fully saturated rings. The lowest BCUT2D eigenvalue weighted by molar-refractivity contribution is -0.151. The maximum atomic E-state index is 13.3. The van der Waals surface area contributed by atoms with Crippen molar-refractivity contribution in [2.45, 2.75) is 103 Å². The number of nitrogens with zero attached hydrogens (tertiary/aromatic N) is 1. The third-order valence-corrected chi connectivity index (χ3v) is 7.09. The van der Waals surface area contributed by atoms with Gasteiger partial charge in [-0.3, -0.25) is 9.59 Å². The fourth-order valence-corrected chi connectivity index (χ4v) is 4.32. The van der Waals surface area contributed by atoms with Crippen molar-refractivity contribution >= 4 is 11.8 Å². The van der Waals surface area contributed by atoms with Gasteiger partial charge in [-0.25, -0.2) is 0 Å². The molecule has 1 aromatic rings. The van der Waals surface area contributed by atoms with Gasteiger partial charge in [0.05, 0.1) is 0 Å². The highest BCUT2D eigenvalue weighted by atomic mass is 16.5. The summed E-state index contributed by atoms with van der Waals surface area (Å²) in [6.45, 7) is 11.5. The Morgan fingerprint density at radius 2 is 1.78 bits per heavy atom. The predicted molar refractivity (Wildman–Crippen MR) is 144 cm³/mol. The van der Waals surface area contributed by atoms with E-state index < -0.39 is 36.4 Å². The van der Waals surface area contributed by atoms with E-state index in [1.807, 2.05) is 26.0 Å². The van der Waals surface area contributed by atoms with Crippen molar-refractivity contribution in [3.05, 3.63) is 47.5 Å². The van der Waals surface area contributed by atoms with Gasteiger partial charge in [0.1, 0.15) is 24.4 Å². The van der Waals surface area contributed by atoms with Gasteiger partial charge in [0.25, 0.3) is 5.91 Å². The van der Waals surface area contributed by atoms with Crippen molar-refractivity contribution in [3.63, 3.8) is 0 Å². The normalized spacial score (nSPS) is 21.3. The zero-order chi connectivity index (χ0) is 27.8. The highest BCUT2D eigenvalue weighted by Crippen LogP contribution is 2.23. The fourth-order valence-electron chi connectivity index (χ4n) is 4.32. The van der Waals surface area contributed by atoms with Crippen molar-refractivity contribution < 1.29 is 29.6 Å². The number of benzene rings is 1. The molecule has 1 aliphatic rings. The summed E-state index contributed by atoms with van der Waals surface area (Å²) >= 11 is 0. The van der Waals surface area contributed by atoms with Crippen molar-refractivity contribution in [3.8, 4) is 0 Å². The molecule has 1 saturated heterocycles. The van der Waals surface area contributed by atoms with Crippen molar-refractivity contribution in [2.75, 3.05) is 13.7 Å². The molecule has 1 aliphatic heterocycles. The van der Waals surface area contributed by atoms with Crippen LogP contribution in [0.5, 0.6) is 0 Å². The van der Waals surface area contributed by atoms with Crippen LogP contribution in [-0.2, 0) is 26.3 Å². The maximum absolute atomic E-state index is 13.3. The number of ether oxygens (including phenoxy) is 1. The minimum Gasteiger partial charge on any atom is -0.387 e. The number of hydrogen-bond donors (Lipinski definition) is 4. The van der Waals surface area contributed by atoms with Gasteiger partial charge in [-0.1, -0.05) is 77.5 Å². The first-order chi connectivity index (χ1) is 17.4. The summed E-state index contributed by atoms with van der Waals surface area (Å²) in [7, 11) is 1.24. The van der Waals surface area contributed by atoms with E-state index >= 15 is 0 Å². The van der Waals surface area contributed by atoms with E-state index in [9.17, 15) is 24.9 Å². The Morgan fingerprint density at radius 3 is 2.35 bits per heavy atom. The van der Waals surface area contributed by atoms with E-state index in [2.05, 4.69) is 38.2 Å². The average Bonchev–Trinajstić information content (AvgIpc) is 3.03. The topological polar surface area (TPSA) is 119 Å². The zero-order valence-electron chi connectivity index (χ0n) is 23.2. The number of nitrogens with one attached hydrogen (secondary N) is 1. The molecule has 2 amide bonds. The van der Waals surface area contributed by atoms with E-state index in [0.717, 1.165) is 24.8 Å². The van der Waals surface area contributed by atoms with Crippen LogP contribution < -0.4 is 5.32 Å². The summed E-state index contributed by atoms with van der Waals surface area (Å²) < 4.78 is 5.18. The number of likely N-dealkylation sites (tertiary alicyclic amines) is 1. The number of carbonyl (C=O) groups excluding carboxylic acids is 2. The van der Waals surface area contributed by atoms with Gasteiger partial charge in [-0.2, -0.15) is 0 Å². The van der Waals surface area contributed by atoms with Crippen LogP contribution in [0.25, 0.3) is 0 Å². The lowest BCUT2D eigenvalue weighted by atomic mass is 9.87. The van der Waals surface area contributed by atoms with Gasteiger partial charge in [-0.15, -0.1) is 0 Å². The van der Waals surface area contributed by atoms with Crippen molar-refractivity contribution in [2.24, 2.45) is 5.92 Å². The Bertz CT molecular complexity index is 895. The van der Waals surface area contributed by atoms with E-state index in [1.165, 1.54) is 18.7 Å². The molecule has 208 valence electrons. The number of rotatable bonds is 11. The van der Waals surface area contributed by atoms with Crippen LogP contribution in [-0.4, -0.2) is 76.1 Å². The summed E-state index contributed by atoms with van der Waals surface area (Å²) in [5.74, 6) is -0.699. The van der Waals surface area contributed by atoms with Crippen LogP contribution in [0.4, 0.5) is 0 Å². The van der Waals surface area contributed by atoms with Crippen LogP contribution in [0.15, 0.2) is 36.4 Å². The second kappa shape index (κ2) is 14.0. The summed E-state index contributed by atoms with van der Waals surface area (Å²) in [5, 5.41) is 34.0. The smallest absolute Gasteiger partial charge is 0.252 e. The zero-order valence-corrected chi connectivity index (χ0v) is 23.2. The van der Waals surface area contributed by atoms with Crippen LogP contribution >= 0.6 is 0 Å². The van der Waals surface area contributed by atoms with E-state index in [0.29, 0.717) is 19.5 Å². The van der Waals surface area contributed by atoms with Crippen LogP contribution in [0, 0.1) is 5.92 Å². The Hall–Kier alpha value is -2.26. The van der Waals surface area contributed by atoms with E-state index in [4.69, 9.17) is 4.74 Å². The Labute approximate surface area is 221 Å². The molecule has 1 unspecified atom stereocenters. The third kappa shape index (κ3) is 8.92. The molecular formula is C29H46N2O6. The molecule has 0 aromatic heterocycles. The number of aliphatic hydroxyl groups is 3. The molecule has 8 heteroatoms. The minimum atomic E-state index is -1.68. The summed E-state index contributed by atoms with van der Waals surface area (Å²) in [5.41, 5.74) is 2.28. The fraction of sp³-hybridized carbons (Fsp3) is 0.655. The number of aliphatic hydroxyl groups excluding tert-OH is 3. The van der Waals surface area contributed by atoms with E-state index in [1.54, 1.807) is 11.0 Å². The van der Waals surface area contributed by atoms with Gasteiger partial charge in [-0.05, 0) is 41.7 Å². The largest absolute Gasteiger partial charge is 0.387 e. The summed E-state index contributed by atoms with van der Waals surface area (Å²) in [4.78, 5) is 28.1. The van der Waals surface area contributed by atoms with Gasteiger partial charge in [0.2, 0.25) is 5.91 Å². The Kier molecular flexibility index (Phi) is 11.8. The quantitative estimate of drug-likeness (QED) is 0.335. The molecule has 8 nitrogen and oxygen atoms in total. The number of methoxy groups -OCH3 is 1. The molecule has 0 spiro atoms. The van der Waals surface area contributed by atoms with Crippen molar-refractivity contribution in [1.29, 1.82) is 0 Å². The first kappa shape index (κ1) is 31.0. The SMILES string of the molecule is CCC(C)/C=C/[C@@H](O)[C@H](O)[C@@H](O)[C@@H](OC)C(=O)N[C@H]1CCCCN(Cc2ccc(C(C)(C)C)cc2)C1=O. The Morgan fingerprint density at radius 1 is 1.14 bits per heavy atom. The molecule has 0 radical (unpaired) electrons. The maximum Gasteiger partial charge on any atom is 0.252 e. The van der Waals surface area contributed by atoms with E-state index in [-0.39, 0.29) is 17.2 Å². The lowest BCUT2D eigenvalue weighted by Gasteiger charge is -2.29. The van der Waals surface area contributed by atoms with Gasteiger partial charge in [0.15, 0.2) is 6.10 Å². The lowest BCUT2D eigenvalue weighted by Crippen LogP contribution is -2.55. The monoisotopic (exact) mass is 518 g/mol. The molecule has 0 aliphatic carbocycles.